The molecule has 404 valence electrons. The van der Waals surface area contributed by atoms with Gasteiger partial charge in [0.1, 0.15) is 0 Å². The molecule has 2 atom stereocenters. The predicted molar refractivity (Wildman–Crippen MR) is 297 cm³/mol. The molecule has 6 nitrogen and oxygen atoms in total. The van der Waals surface area contributed by atoms with Gasteiger partial charge in [-0.2, -0.15) is 0 Å². The maximum Gasteiger partial charge on any atom is 0.305 e. The molecule has 0 fully saturated rings. The number of carbonyl (C=O) groups excluding carboxylic acids is 2. The number of aliphatic hydroxyl groups excluding tert-OH is 2. The number of hydrogen-bond acceptors (Lipinski definition) is 5. The van der Waals surface area contributed by atoms with Crippen LogP contribution < -0.4 is 5.32 Å². The van der Waals surface area contributed by atoms with Crippen molar-refractivity contribution in [2.24, 2.45) is 0 Å². The van der Waals surface area contributed by atoms with E-state index in [9.17, 15) is 19.8 Å². The van der Waals surface area contributed by atoms with Gasteiger partial charge in [-0.1, -0.05) is 296 Å². The van der Waals surface area contributed by atoms with Crippen molar-refractivity contribution in [3.05, 3.63) is 12.2 Å². The zero-order valence-electron chi connectivity index (χ0n) is 46.1. The summed E-state index contributed by atoms with van der Waals surface area (Å²) in [7, 11) is 0. The van der Waals surface area contributed by atoms with Crippen molar-refractivity contribution in [3.8, 4) is 0 Å². The number of unbranched alkanes of at least 4 members (excludes halogenated alkanes) is 45. The number of nitrogens with one attached hydrogen (secondary N) is 1. The number of ether oxygens (including phenoxy) is 1. The molecule has 0 aromatic heterocycles. The maximum absolute atomic E-state index is 12.5. The van der Waals surface area contributed by atoms with Crippen molar-refractivity contribution in [2.45, 2.75) is 360 Å². The van der Waals surface area contributed by atoms with Gasteiger partial charge < -0.3 is 20.3 Å². The largest absolute Gasteiger partial charge is 0.466 e. The lowest BCUT2D eigenvalue weighted by Gasteiger charge is -2.22. The number of carbonyl (C=O) groups is 2. The number of hydrogen-bond donors (Lipinski definition) is 3. The topological polar surface area (TPSA) is 95.9 Å². The molecule has 0 heterocycles. The third-order valence-electron chi connectivity index (χ3n) is 14.6. The molecule has 0 spiro atoms. The Balaban J connectivity index is 3.41. The van der Waals surface area contributed by atoms with Crippen LogP contribution in [0.15, 0.2) is 12.2 Å². The van der Waals surface area contributed by atoms with E-state index in [4.69, 9.17) is 4.74 Å². The summed E-state index contributed by atoms with van der Waals surface area (Å²) in [6.45, 7) is 4.97. The lowest BCUT2D eigenvalue weighted by molar-refractivity contribution is -0.143. The number of amides is 1. The first-order valence-electron chi connectivity index (χ1n) is 30.9. The van der Waals surface area contributed by atoms with Crippen LogP contribution in [0, 0.1) is 0 Å². The van der Waals surface area contributed by atoms with Gasteiger partial charge >= 0.3 is 5.97 Å². The molecule has 0 aromatic rings. The standard InChI is InChI=1S/C62H121NO5/c1-3-5-7-9-11-13-15-17-19-27-30-34-38-42-46-50-54-60(65)59(58-64)63-61(66)55-51-47-43-39-35-31-28-24-22-20-21-23-25-29-33-37-41-45-49-53-57-68-62(67)56-52-48-44-40-36-32-26-18-16-14-12-10-8-6-4-2/h20,22,59-60,64-65H,3-19,21,23-58H2,1-2H3,(H,63,66)/b22-20-. The molecule has 3 N–H and O–H groups in total. The normalized spacial score (nSPS) is 12.6. The minimum Gasteiger partial charge on any atom is -0.466 e. The molecular formula is C62H121NO5. The molecule has 0 radical (unpaired) electrons. The first-order chi connectivity index (χ1) is 33.5. The highest BCUT2D eigenvalue weighted by atomic mass is 16.5. The molecule has 0 bridgehead atoms. The Kier molecular flexibility index (Phi) is 57.0. The first-order valence-corrected chi connectivity index (χ1v) is 30.9. The zero-order valence-corrected chi connectivity index (χ0v) is 46.1. The van der Waals surface area contributed by atoms with Crippen molar-refractivity contribution in [1.82, 2.24) is 5.32 Å². The van der Waals surface area contributed by atoms with E-state index in [1.54, 1.807) is 0 Å². The first kappa shape index (κ1) is 66.6. The number of rotatable bonds is 58. The van der Waals surface area contributed by atoms with Crippen LogP contribution in [0.2, 0.25) is 0 Å². The molecule has 2 unspecified atom stereocenters. The molecule has 0 aliphatic rings. The van der Waals surface area contributed by atoms with E-state index in [-0.39, 0.29) is 18.5 Å². The Bertz CT molecular complexity index is 1020. The fraction of sp³-hybridized carbons (Fsp3) is 0.935. The van der Waals surface area contributed by atoms with Crippen LogP contribution in [0.3, 0.4) is 0 Å². The number of esters is 1. The summed E-state index contributed by atoms with van der Waals surface area (Å²) in [5.41, 5.74) is 0. The van der Waals surface area contributed by atoms with Gasteiger partial charge in [0.15, 0.2) is 0 Å². The molecule has 1 amide bonds. The van der Waals surface area contributed by atoms with Crippen molar-refractivity contribution >= 4 is 11.9 Å². The van der Waals surface area contributed by atoms with Gasteiger partial charge in [0.2, 0.25) is 5.91 Å². The van der Waals surface area contributed by atoms with E-state index in [0.717, 1.165) is 38.5 Å². The highest BCUT2D eigenvalue weighted by Crippen LogP contribution is 2.18. The van der Waals surface area contributed by atoms with Crippen LogP contribution in [0.25, 0.3) is 0 Å². The van der Waals surface area contributed by atoms with Crippen molar-refractivity contribution in [2.75, 3.05) is 13.2 Å². The minimum atomic E-state index is -0.669. The van der Waals surface area contributed by atoms with Crippen molar-refractivity contribution in [3.63, 3.8) is 0 Å². The average molecular weight is 961 g/mol. The average Bonchev–Trinajstić information content (AvgIpc) is 3.34. The van der Waals surface area contributed by atoms with Crippen LogP contribution in [0.1, 0.15) is 348 Å². The third-order valence-corrected chi connectivity index (χ3v) is 14.6. The molecule has 0 aliphatic heterocycles. The lowest BCUT2D eigenvalue weighted by atomic mass is 10.0. The second kappa shape index (κ2) is 58.2. The molecular weight excluding hydrogens is 839 g/mol. The van der Waals surface area contributed by atoms with E-state index in [2.05, 4.69) is 31.3 Å². The van der Waals surface area contributed by atoms with E-state index in [0.29, 0.717) is 25.9 Å². The second-order valence-corrected chi connectivity index (χ2v) is 21.4. The van der Waals surface area contributed by atoms with Crippen LogP contribution in [0.4, 0.5) is 0 Å². The van der Waals surface area contributed by atoms with E-state index in [1.165, 1.54) is 276 Å². The smallest absolute Gasteiger partial charge is 0.305 e. The van der Waals surface area contributed by atoms with Crippen molar-refractivity contribution in [1.29, 1.82) is 0 Å². The molecule has 0 aliphatic carbocycles. The molecule has 68 heavy (non-hydrogen) atoms. The summed E-state index contributed by atoms with van der Waals surface area (Å²) >= 11 is 0. The van der Waals surface area contributed by atoms with E-state index < -0.39 is 12.1 Å². The molecule has 0 aromatic carbocycles. The van der Waals surface area contributed by atoms with E-state index in [1.807, 2.05) is 0 Å². The predicted octanol–water partition coefficient (Wildman–Crippen LogP) is 19.2. The summed E-state index contributed by atoms with van der Waals surface area (Å²) in [6.07, 6.45) is 69.3. The van der Waals surface area contributed by atoms with Crippen LogP contribution in [0.5, 0.6) is 0 Å². The monoisotopic (exact) mass is 960 g/mol. The van der Waals surface area contributed by atoms with Gasteiger partial charge in [-0.15, -0.1) is 0 Å². The Labute approximate surface area is 425 Å². The van der Waals surface area contributed by atoms with Crippen LogP contribution >= 0.6 is 0 Å². The van der Waals surface area contributed by atoms with Crippen molar-refractivity contribution < 1.29 is 24.5 Å². The lowest BCUT2D eigenvalue weighted by Crippen LogP contribution is -2.45. The summed E-state index contributed by atoms with van der Waals surface area (Å²) in [4.78, 5) is 24.5. The SMILES string of the molecule is CCCCCCCCCCCCCCCCCCC(O)C(CO)NC(=O)CCCCCCCCC/C=C\CCCCCCCCCCCOC(=O)CCCCCCCCCCCCCCCCC. The third kappa shape index (κ3) is 53.9. The maximum atomic E-state index is 12.5. The summed E-state index contributed by atoms with van der Waals surface area (Å²) in [5.74, 6) is -0.0310. The van der Waals surface area contributed by atoms with Gasteiger partial charge in [0.05, 0.1) is 25.4 Å². The fourth-order valence-corrected chi connectivity index (χ4v) is 9.81. The van der Waals surface area contributed by atoms with Gasteiger partial charge in [-0.25, -0.2) is 0 Å². The minimum absolute atomic E-state index is 0.00988. The molecule has 0 saturated carbocycles. The van der Waals surface area contributed by atoms with E-state index >= 15 is 0 Å². The molecule has 0 saturated heterocycles. The Morgan fingerprint density at radius 1 is 0.397 bits per heavy atom. The highest BCUT2D eigenvalue weighted by Gasteiger charge is 2.20. The Morgan fingerprint density at radius 2 is 0.691 bits per heavy atom. The molecule has 0 rings (SSSR count). The van der Waals surface area contributed by atoms with Gasteiger partial charge in [-0.3, -0.25) is 9.59 Å². The fourth-order valence-electron chi connectivity index (χ4n) is 9.81. The van der Waals surface area contributed by atoms with Crippen LogP contribution in [-0.4, -0.2) is 47.4 Å². The quantitative estimate of drug-likeness (QED) is 0.0321. The highest BCUT2D eigenvalue weighted by molar-refractivity contribution is 5.76. The molecule has 6 heteroatoms. The number of allylic oxidation sites excluding steroid dienone is 2. The van der Waals surface area contributed by atoms with Crippen LogP contribution in [-0.2, 0) is 14.3 Å². The summed E-state index contributed by atoms with van der Waals surface area (Å²) < 4.78 is 5.48. The second-order valence-electron chi connectivity index (χ2n) is 21.4. The summed E-state index contributed by atoms with van der Waals surface area (Å²) in [6, 6.07) is -0.547. The van der Waals surface area contributed by atoms with Gasteiger partial charge in [0.25, 0.3) is 0 Å². The van der Waals surface area contributed by atoms with Gasteiger partial charge in [0, 0.05) is 12.8 Å². The number of aliphatic hydroxyl groups is 2. The Hall–Kier alpha value is -1.40. The Morgan fingerprint density at radius 3 is 1.04 bits per heavy atom. The summed E-state index contributed by atoms with van der Waals surface area (Å²) in [5, 5.41) is 23.3. The zero-order chi connectivity index (χ0) is 49.3. The van der Waals surface area contributed by atoms with Gasteiger partial charge in [-0.05, 0) is 51.4 Å².